The predicted octanol–water partition coefficient (Wildman–Crippen LogP) is 3.62. The Morgan fingerprint density at radius 2 is 1.62 bits per heavy atom. The maximum Gasteiger partial charge on any atom is 0.269 e. The number of hydrogen-bond donors (Lipinski definition) is 0. The second-order valence-electron chi connectivity index (χ2n) is 11.2. The molecule has 1 aliphatic rings. The smallest absolute Gasteiger partial charge is 0.269 e. The lowest BCUT2D eigenvalue weighted by Gasteiger charge is -2.24. The van der Waals surface area contributed by atoms with Crippen LogP contribution in [0, 0.1) is 0 Å². The minimum Gasteiger partial charge on any atom is -0.313 e. The van der Waals surface area contributed by atoms with E-state index in [0.29, 0.717) is 45.9 Å². The molecule has 0 saturated heterocycles. The van der Waals surface area contributed by atoms with E-state index in [1.54, 1.807) is 60.2 Å². The molecule has 0 saturated carbocycles. The quantitative estimate of drug-likeness (QED) is 0.235. The molecule has 6 aromatic rings. The summed E-state index contributed by atoms with van der Waals surface area (Å²) in [5.74, 6) is -0.443. The van der Waals surface area contributed by atoms with Crippen LogP contribution in [0.1, 0.15) is 18.4 Å². The van der Waals surface area contributed by atoms with Crippen LogP contribution in [-0.2, 0) is 43.9 Å². The number of aryl methyl sites for hydroxylation is 2. The van der Waals surface area contributed by atoms with Gasteiger partial charge >= 0.3 is 0 Å². The van der Waals surface area contributed by atoms with Crippen molar-refractivity contribution in [2.45, 2.75) is 23.2 Å². The van der Waals surface area contributed by atoms with Crippen molar-refractivity contribution in [3.8, 4) is 22.4 Å². The number of aromatic nitrogens is 6. The number of carbonyl (C=O) groups is 3. The number of anilines is 1. The maximum absolute atomic E-state index is 14.6. The second-order valence-corrected chi connectivity index (χ2v) is 12.9. The predicted molar refractivity (Wildman–Crippen MR) is 167 cm³/mol. The van der Waals surface area contributed by atoms with Gasteiger partial charge in [0.2, 0.25) is 5.91 Å². The van der Waals surface area contributed by atoms with Crippen molar-refractivity contribution in [1.82, 2.24) is 28.5 Å². The van der Waals surface area contributed by atoms with Gasteiger partial charge in [0.15, 0.2) is 5.65 Å². The van der Waals surface area contributed by atoms with Crippen LogP contribution in [0.2, 0.25) is 0 Å². The molecule has 7 rings (SSSR count). The third kappa shape index (κ3) is 3.93. The van der Waals surface area contributed by atoms with Gasteiger partial charge in [0.05, 0.1) is 45.8 Å². The third-order valence-corrected chi connectivity index (χ3v) is 10.3. The minimum absolute atomic E-state index is 0.0313. The summed E-state index contributed by atoms with van der Waals surface area (Å²) in [6.45, 7) is 0. The minimum atomic E-state index is -4.30. The number of benzene rings is 2. The van der Waals surface area contributed by atoms with Crippen LogP contribution in [0.4, 0.5) is 5.69 Å². The van der Waals surface area contributed by atoms with Crippen molar-refractivity contribution in [3.63, 3.8) is 0 Å². The lowest BCUT2D eigenvalue weighted by atomic mass is 9.75. The van der Waals surface area contributed by atoms with E-state index in [2.05, 4.69) is 10.2 Å². The molecule has 0 spiro atoms. The molecule has 12 nitrogen and oxygen atoms in total. The zero-order valence-corrected chi connectivity index (χ0v) is 25.4. The normalized spacial score (nSPS) is 14.4. The van der Waals surface area contributed by atoms with E-state index in [9.17, 15) is 22.8 Å². The molecule has 1 amide bonds. The number of pyridine rings is 1. The van der Waals surface area contributed by atoms with Gasteiger partial charge in [-0.1, -0.05) is 24.3 Å². The van der Waals surface area contributed by atoms with Gasteiger partial charge in [-0.05, 0) is 29.8 Å². The molecule has 0 aliphatic carbocycles. The molecule has 4 aromatic heterocycles. The summed E-state index contributed by atoms with van der Waals surface area (Å²) < 4.78 is 33.8. The Kier molecular flexibility index (Phi) is 6.34. The number of fused-ring (bicyclic) bond motifs is 4. The van der Waals surface area contributed by atoms with E-state index in [0.717, 1.165) is 10.9 Å². The molecule has 45 heavy (non-hydrogen) atoms. The standard InChI is InChI=1S/C32H27N7O5S/c1-36-19-22(17-34-36)29-26(20-9-10-24-21(15-20)16-35-38(24)3)27-28-25(37(2)31(42)32(28,11-13-40)12-14-41)18-33-30(27)39(29)45(43,44)23-7-5-4-6-8-23/h4-10,13-19H,11-12H2,1-3H3. The summed E-state index contributed by atoms with van der Waals surface area (Å²) in [5.41, 5.74) is 2.00. The van der Waals surface area contributed by atoms with Crippen molar-refractivity contribution >= 4 is 56.1 Å². The van der Waals surface area contributed by atoms with Crippen LogP contribution in [0.3, 0.4) is 0 Å². The van der Waals surface area contributed by atoms with Crippen molar-refractivity contribution in [2.24, 2.45) is 14.1 Å². The highest BCUT2D eigenvalue weighted by Crippen LogP contribution is 2.53. The summed E-state index contributed by atoms with van der Waals surface area (Å²) in [6.07, 6.45) is 7.12. The van der Waals surface area contributed by atoms with Gasteiger partial charge in [-0.15, -0.1) is 0 Å². The summed E-state index contributed by atoms with van der Waals surface area (Å²) in [7, 11) is 0.813. The summed E-state index contributed by atoms with van der Waals surface area (Å²) in [6, 6.07) is 13.7. The van der Waals surface area contributed by atoms with E-state index < -0.39 is 21.3 Å². The van der Waals surface area contributed by atoms with Crippen molar-refractivity contribution in [3.05, 3.63) is 78.9 Å². The number of rotatable bonds is 8. The van der Waals surface area contributed by atoms with Crippen LogP contribution in [-0.4, -0.2) is 62.5 Å². The summed E-state index contributed by atoms with van der Waals surface area (Å²) in [5, 5.41) is 9.88. The van der Waals surface area contributed by atoms with Crippen LogP contribution < -0.4 is 4.90 Å². The van der Waals surface area contributed by atoms with Crippen LogP contribution in [0.5, 0.6) is 0 Å². The molecule has 1 aliphatic heterocycles. The highest BCUT2D eigenvalue weighted by molar-refractivity contribution is 7.90. The molecule has 0 bridgehead atoms. The lowest BCUT2D eigenvalue weighted by molar-refractivity contribution is -0.127. The van der Waals surface area contributed by atoms with E-state index >= 15 is 0 Å². The monoisotopic (exact) mass is 621 g/mol. The molecule has 226 valence electrons. The summed E-state index contributed by atoms with van der Waals surface area (Å²) >= 11 is 0. The Labute approximate surface area is 257 Å². The molecule has 0 unspecified atom stereocenters. The first kappa shape index (κ1) is 28.3. The van der Waals surface area contributed by atoms with E-state index in [4.69, 9.17) is 4.98 Å². The largest absolute Gasteiger partial charge is 0.313 e. The first-order chi connectivity index (χ1) is 21.6. The molecule has 0 radical (unpaired) electrons. The highest BCUT2D eigenvalue weighted by Gasteiger charge is 2.52. The molecule has 0 atom stereocenters. The molecule has 5 heterocycles. The number of aldehydes is 2. The molecule has 0 N–H and O–H groups in total. The number of likely N-dealkylation sites (N-methyl/N-ethyl adjacent to an activating group) is 1. The first-order valence-corrected chi connectivity index (χ1v) is 15.5. The van der Waals surface area contributed by atoms with Gasteiger partial charge < -0.3 is 14.5 Å². The van der Waals surface area contributed by atoms with E-state index in [-0.39, 0.29) is 29.1 Å². The number of carbonyl (C=O) groups excluding carboxylic acids is 3. The van der Waals surface area contributed by atoms with E-state index in [1.807, 2.05) is 25.2 Å². The fraction of sp³-hybridized carbons (Fsp3) is 0.188. The van der Waals surface area contributed by atoms with Crippen molar-refractivity contribution in [1.29, 1.82) is 0 Å². The molecular formula is C32H27N7O5S. The Balaban J connectivity index is 1.74. The first-order valence-electron chi connectivity index (χ1n) is 14.1. The molecule has 0 fully saturated rings. The number of amides is 1. The summed E-state index contributed by atoms with van der Waals surface area (Å²) in [4.78, 5) is 44.4. The van der Waals surface area contributed by atoms with Gasteiger partial charge in [-0.2, -0.15) is 10.2 Å². The van der Waals surface area contributed by atoms with Gasteiger partial charge in [0.1, 0.15) is 12.6 Å². The fourth-order valence-corrected chi connectivity index (χ4v) is 8.08. The van der Waals surface area contributed by atoms with Crippen molar-refractivity contribution in [2.75, 3.05) is 11.9 Å². The Morgan fingerprint density at radius 3 is 2.29 bits per heavy atom. The van der Waals surface area contributed by atoms with Gasteiger partial charge in [0.25, 0.3) is 10.0 Å². The van der Waals surface area contributed by atoms with Gasteiger partial charge in [-0.25, -0.2) is 17.4 Å². The average Bonchev–Trinajstić information content (AvgIpc) is 3.78. The zero-order chi connectivity index (χ0) is 31.7. The molecule has 2 aromatic carbocycles. The van der Waals surface area contributed by atoms with Crippen molar-refractivity contribution < 1.29 is 22.8 Å². The second kappa shape index (κ2) is 10.1. The van der Waals surface area contributed by atoms with Crippen LogP contribution in [0.25, 0.3) is 44.3 Å². The fourth-order valence-electron chi connectivity index (χ4n) is 6.57. The molecular weight excluding hydrogens is 594 g/mol. The highest BCUT2D eigenvalue weighted by atomic mass is 32.2. The molecule has 13 heteroatoms. The Bertz CT molecular complexity index is 2290. The maximum atomic E-state index is 14.6. The SMILES string of the molecule is CN1C(=O)C(CC=O)(CC=O)c2c1cnc1c2c(-c2ccc3c(cnn3C)c2)c(-c2cnn(C)c2)n1S(=O)(=O)c1ccccc1. The van der Waals surface area contributed by atoms with Gasteiger partial charge in [-0.3, -0.25) is 14.2 Å². The van der Waals surface area contributed by atoms with E-state index in [1.165, 1.54) is 27.2 Å². The van der Waals surface area contributed by atoms with Gasteiger partial charge in [0, 0.05) is 67.6 Å². The lowest BCUT2D eigenvalue weighted by Crippen LogP contribution is -2.39. The Hall–Kier alpha value is -5.43. The van der Waals surface area contributed by atoms with Crippen LogP contribution in [0.15, 0.2) is 78.2 Å². The topological polar surface area (TPSA) is 142 Å². The van der Waals surface area contributed by atoms with Crippen LogP contribution >= 0.6 is 0 Å². The number of nitrogens with zero attached hydrogens (tertiary/aromatic N) is 7. The number of hydrogen-bond acceptors (Lipinski definition) is 8. The Morgan fingerprint density at radius 1 is 0.889 bits per heavy atom. The zero-order valence-electron chi connectivity index (χ0n) is 24.6. The third-order valence-electron chi connectivity index (χ3n) is 8.63. The average molecular weight is 622 g/mol.